The van der Waals surface area contributed by atoms with Crippen molar-refractivity contribution >= 4 is 47.4 Å². The van der Waals surface area contributed by atoms with E-state index in [-0.39, 0.29) is 36.8 Å². The number of carbonyl (C=O) groups is 2. The van der Waals surface area contributed by atoms with E-state index in [1.54, 1.807) is 12.1 Å². The Morgan fingerprint density at radius 2 is 2.04 bits per heavy atom. The summed E-state index contributed by atoms with van der Waals surface area (Å²) in [7, 11) is 0. The highest BCUT2D eigenvalue weighted by molar-refractivity contribution is 6.42. The number of rotatable bonds is 4. The topological polar surface area (TPSA) is 70.2 Å². The number of amides is 2. The van der Waals surface area contributed by atoms with Crippen molar-refractivity contribution in [1.82, 2.24) is 16.0 Å². The number of halogens is 3. The molecule has 0 aliphatic carbocycles. The minimum atomic E-state index is -0.358. The number of hydrogen-bond acceptors (Lipinski definition) is 3. The van der Waals surface area contributed by atoms with Crippen molar-refractivity contribution in [2.24, 2.45) is 5.92 Å². The van der Waals surface area contributed by atoms with E-state index in [2.05, 4.69) is 22.9 Å². The minimum absolute atomic E-state index is 0. The Morgan fingerprint density at radius 1 is 1.30 bits per heavy atom. The quantitative estimate of drug-likeness (QED) is 0.750. The van der Waals surface area contributed by atoms with Crippen LogP contribution in [0.5, 0.6) is 0 Å². The second kappa shape index (κ2) is 9.33. The van der Waals surface area contributed by atoms with Crippen molar-refractivity contribution in [2.45, 2.75) is 19.4 Å². The van der Waals surface area contributed by atoms with Crippen molar-refractivity contribution < 1.29 is 9.59 Å². The third kappa shape index (κ3) is 5.84. The molecule has 0 saturated carbocycles. The van der Waals surface area contributed by atoms with Gasteiger partial charge in [0.15, 0.2) is 0 Å². The van der Waals surface area contributed by atoms with Crippen molar-refractivity contribution in [1.29, 1.82) is 0 Å². The van der Waals surface area contributed by atoms with Crippen LogP contribution in [0.25, 0.3) is 0 Å². The van der Waals surface area contributed by atoms with Crippen LogP contribution in [0.2, 0.25) is 10.0 Å². The molecule has 0 bridgehead atoms. The van der Waals surface area contributed by atoms with E-state index in [1.165, 1.54) is 6.07 Å². The van der Waals surface area contributed by atoms with Crippen LogP contribution in [0.1, 0.15) is 23.7 Å². The van der Waals surface area contributed by atoms with Gasteiger partial charge >= 0.3 is 0 Å². The summed E-state index contributed by atoms with van der Waals surface area (Å²) in [6, 6.07) is 4.69. The largest absolute Gasteiger partial charge is 0.350 e. The maximum absolute atomic E-state index is 12.0. The monoisotopic (exact) mass is 379 g/mol. The Hall–Kier alpha value is -1.01. The van der Waals surface area contributed by atoms with E-state index in [0.717, 1.165) is 19.5 Å². The van der Waals surface area contributed by atoms with Gasteiger partial charge in [-0.3, -0.25) is 9.59 Å². The van der Waals surface area contributed by atoms with Crippen LogP contribution < -0.4 is 16.0 Å². The van der Waals surface area contributed by atoms with Gasteiger partial charge < -0.3 is 16.0 Å². The molecule has 1 saturated heterocycles. The number of benzene rings is 1. The zero-order valence-corrected chi connectivity index (χ0v) is 15.0. The lowest BCUT2D eigenvalue weighted by Crippen LogP contribution is -2.52. The second-order valence-electron chi connectivity index (χ2n) is 5.46. The van der Waals surface area contributed by atoms with E-state index < -0.39 is 0 Å². The van der Waals surface area contributed by atoms with Crippen molar-refractivity contribution in [3.63, 3.8) is 0 Å². The van der Waals surface area contributed by atoms with Gasteiger partial charge in [-0.2, -0.15) is 0 Å². The normalized spacial score (nSPS) is 20.3. The average Bonchev–Trinajstić information content (AvgIpc) is 2.50. The van der Waals surface area contributed by atoms with E-state index in [0.29, 0.717) is 21.5 Å². The molecule has 8 heteroatoms. The van der Waals surface area contributed by atoms with E-state index in [9.17, 15) is 9.59 Å². The first kappa shape index (κ1) is 20.0. The average molecular weight is 381 g/mol. The van der Waals surface area contributed by atoms with E-state index >= 15 is 0 Å². The van der Waals surface area contributed by atoms with Gasteiger partial charge in [-0.15, -0.1) is 12.4 Å². The van der Waals surface area contributed by atoms with Crippen molar-refractivity contribution in [3.05, 3.63) is 33.8 Å². The van der Waals surface area contributed by atoms with Crippen LogP contribution in [-0.4, -0.2) is 37.5 Å². The molecule has 2 rings (SSSR count). The maximum Gasteiger partial charge on any atom is 0.251 e. The highest BCUT2D eigenvalue weighted by Crippen LogP contribution is 2.22. The fourth-order valence-corrected chi connectivity index (χ4v) is 2.64. The lowest BCUT2D eigenvalue weighted by molar-refractivity contribution is -0.121. The van der Waals surface area contributed by atoms with Gasteiger partial charge in [0.25, 0.3) is 5.91 Å². The van der Waals surface area contributed by atoms with Crippen LogP contribution in [0.3, 0.4) is 0 Å². The smallest absolute Gasteiger partial charge is 0.251 e. The maximum atomic E-state index is 12.0. The molecule has 1 fully saturated rings. The van der Waals surface area contributed by atoms with E-state index in [1.807, 2.05) is 0 Å². The van der Waals surface area contributed by atoms with Gasteiger partial charge in [-0.1, -0.05) is 30.1 Å². The molecule has 128 valence electrons. The van der Waals surface area contributed by atoms with Crippen LogP contribution in [0.4, 0.5) is 0 Å². The molecule has 1 heterocycles. The molecule has 5 nitrogen and oxygen atoms in total. The molecule has 2 amide bonds. The Labute approximate surface area is 151 Å². The molecule has 1 aromatic carbocycles. The summed E-state index contributed by atoms with van der Waals surface area (Å²) in [4.78, 5) is 23.9. The first-order valence-corrected chi connectivity index (χ1v) is 7.96. The number of nitrogens with one attached hydrogen (secondary N) is 3. The van der Waals surface area contributed by atoms with Crippen molar-refractivity contribution in [3.8, 4) is 0 Å². The summed E-state index contributed by atoms with van der Waals surface area (Å²) in [5.74, 6) is -0.131. The summed E-state index contributed by atoms with van der Waals surface area (Å²) >= 11 is 11.7. The Kier molecular flexibility index (Phi) is 8.12. The third-order valence-electron chi connectivity index (χ3n) is 3.77. The van der Waals surface area contributed by atoms with E-state index in [4.69, 9.17) is 23.2 Å². The summed E-state index contributed by atoms with van der Waals surface area (Å²) in [6.45, 7) is 3.78. The van der Waals surface area contributed by atoms with Crippen LogP contribution in [-0.2, 0) is 4.79 Å². The molecular weight excluding hydrogens is 361 g/mol. The summed E-state index contributed by atoms with van der Waals surface area (Å²) in [5.41, 5.74) is 0.370. The van der Waals surface area contributed by atoms with Crippen LogP contribution in [0, 0.1) is 5.92 Å². The van der Waals surface area contributed by atoms with Gasteiger partial charge in [0.1, 0.15) is 0 Å². The van der Waals surface area contributed by atoms with Gasteiger partial charge in [0.05, 0.1) is 16.6 Å². The van der Waals surface area contributed by atoms with Gasteiger partial charge in [-0.25, -0.2) is 0 Å². The SMILES string of the molecule is CC1CCNCC1NC(=O)CNC(=O)c1ccc(Cl)c(Cl)c1.Cl. The molecule has 0 spiro atoms. The molecule has 2 unspecified atom stereocenters. The number of piperidine rings is 1. The molecule has 1 aromatic rings. The highest BCUT2D eigenvalue weighted by atomic mass is 35.5. The first-order valence-electron chi connectivity index (χ1n) is 7.20. The minimum Gasteiger partial charge on any atom is -0.350 e. The molecule has 1 aliphatic rings. The number of carbonyl (C=O) groups excluding carboxylic acids is 2. The summed E-state index contributed by atoms with van der Waals surface area (Å²) in [5, 5.41) is 9.44. The van der Waals surface area contributed by atoms with Crippen LogP contribution >= 0.6 is 35.6 Å². The standard InChI is InChI=1S/C15H19Cl2N3O2.ClH/c1-9-4-5-18-7-13(9)20-14(21)8-19-15(22)10-2-3-11(16)12(17)6-10;/h2-3,6,9,13,18H,4-5,7-8H2,1H3,(H,19,22)(H,20,21);1H. The van der Waals surface area contributed by atoms with Gasteiger partial charge in [0, 0.05) is 18.2 Å². The first-order chi connectivity index (χ1) is 10.5. The fraction of sp³-hybridized carbons (Fsp3) is 0.467. The predicted octanol–water partition coefficient (Wildman–Crippen LogP) is 2.26. The molecule has 0 aromatic heterocycles. The predicted molar refractivity (Wildman–Crippen MR) is 94.6 cm³/mol. The van der Waals surface area contributed by atoms with Crippen molar-refractivity contribution in [2.75, 3.05) is 19.6 Å². The van der Waals surface area contributed by atoms with Gasteiger partial charge in [-0.05, 0) is 37.1 Å². The molecule has 0 radical (unpaired) electrons. The Balaban J connectivity index is 0.00000264. The second-order valence-corrected chi connectivity index (χ2v) is 6.27. The molecule has 3 N–H and O–H groups in total. The number of hydrogen-bond donors (Lipinski definition) is 3. The highest BCUT2D eigenvalue weighted by Gasteiger charge is 2.22. The zero-order valence-electron chi connectivity index (χ0n) is 12.7. The fourth-order valence-electron chi connectivity index (χ4n) is 2.34. The zero-order chi connectivity index (χ0) is 16.1. The Morgan fingerprint density at radius 3 is 2.70 bits per heavy atom. The summed E-state index contributed by atoms with van der Waals surface area (Å²) < 4.78 is 0. The summed E-state index contributed by atoms with van der Waals surface area (Å²) in [6.07, 6.45) is 1.03. The molecule has 2 atom stereocenters. The molecule has 1 aliphatic heterocycles. The molecule has 23 heavy (non-hydrogen) atoms. The Bertz CT molecular complexity index is 569. The van der Waals surface area contributed by atoms with Gasteiger partial charge in [0.2, 0.25) is 5.91 Å². The molecular formula is C15H20Cl3N3O2. The lowest BCUT2D eigenvalue weighted by atomic mass is 9.95. The van der Waals surface area contributed by atoms with Crippen LogP contribution in [0.15, 0.2) is 18.2 Å². The third-order valence-corrected chi connectivity index (χ3v) is 4.50. The lowest BCUT2D eigenvalue weighted by Gasteiger charge is -2.30.